The summed E-state index contributed by atoms with van der Waals surface area (Å²) in [5.41, 5.74) is 5.90. The van der Waals surface area contributed by atoms with Gasteiger partial charge in [0.2, 0.25) is 0 Å². The highest BCUT2D eigenvalue weighted by molar-refractivity contribution is 5.96. The van der Waals surface area contributed by atoms with Gasteiger partial charge in [-0.25, -0.2) is 0 Å². The molecule has 1 rings (SSSR count). The summed E-state index contributed by atoms with van der Waals surface area (Å²) in [7, 11) is 0. The normalized spacial score (nSPS) is 12.9. The Morgan fingerprint density at radius 1 is 1.47 bits per heavy atom. The number of carbonyl (C=O) groups excluding carboxylic acids is 1. The number of aliphatic hydroxyl groups is 1. The summed E-state index contributed by atoms with van der Waals surface area (Å²) in [6.07, 6.45) is -0.663. The molecule has 0 spiro atoms. The molecule has 0 fully saturated rings. The number of nitrogens with two attached hydrogens (primary N) is 1. The van der Waals surface area contributed by atoms with Gasteiger partial charge in [-0.3, -0.25) is 4.79 Å². The average Bonchev–Trinajstić information content (AvgIpc) is 2.27. The lowest BCUT2D eigenvalue weighted by atomic mass is 9.98. The Morgan fingerprint density at radius 3 is 2.63 bits per heavy atom. The molecule has 0 saturated carbocycles. The van der Waals surface area contributed by atoms with Crippen LogP contribution in [0.5, 0.6) is 5.75 Å². The van der Waals surface area contributed by atoms with Crippen LogP contribution in [0.2, 0.25) is 0 Å². The van der Waals surface area contributed by atoms with E-state index in [-0.39, 0.29) is 5.91 Å². The molecule has 0 aliphatic rings. The van der Waals surface area contributed by atoms with Gasteiger partial charge in [0, 0.05) is 17.3 Å². The summed E-state index contributed by atoms with van der Waals surface area (Å²) >= 11 is 0. The molecule has 1 atom stereocenters. The van der Waals surface area contributed by atoms with E-state index in [2.05, 4.69) is 5.32 Å². The number of nitrogen functional groups attached to an aromatic ring is 1. The second kappa shape index (κ2) is 5.93. The predicted octanol–water partition coefficient (Wildman–Crippen LogP) is 1.56. The molecule has 1 amide bonds. The third kappa shape index (κ3) is 4.13. The molecule has 19 heavy (non-hydrogen) atoms. The predicted molar refractivity (Wildman–Crippen MR) is 75.2 cm³/mol. The van der Waals surface area contributed by atoms with Gasteiger partial charge in [0.15, 0.2) is 0 Å². The lowest BCUT2D eigenvalue weighted by Crippen LogP contribution is -2.50. The molecule has 0 radical (unpaired) electrons. The smallest absolute Gasteiger partial charge is 0.251 e. The summed E-state index contributed by atoms with van der Waals surface area (Å²) in [6.45, 7) is 7.51. The molecule has 5 nitrogen and oxygen atoms in total. The highest BCUT2D eigenvalue weighted by Crippen LogP contribution is 2.20. The quantitative estimate of drug-likeness (QED) is 0.706. The van der Waals surface area contributed by atoms with Gasteiger partial charge >= 0.3 is 0 Å². The van der Waals surface area contributed by atoms with Crippen molar-refractivity contribution in [2.75, 3.05) is 12.3 Å². The van der Waals surface area contributed by atoms with Crippen molar-refractivity contribution in [1.29, 1.82) is 0 Å². The lowest BCUT2D eigenvalue weighted by Gasteiger charge is -2.29. The minimum atomic E-state index is -0.715. The molecule has 1 aromatic carbocycles. The van der Waals surface area contributed by atoms with Crippen LogP contribution >= 0.6 is 0 Å². The van der Waals surface area contributed by atoms with E-state index in [1.807, 2.05) is 6.92 Å². The molecular weight excluding hydrogens is 244 g/mol. The number of amides is 1. The first-order valence-corrected chi connectivity index (χ1v) is 6.30. The Balaban J connectivity index is 2.94. The zero-order valence-electron chi connectivity index (χ0n) is 11.9. The standard InChI is InChI=1S/C14H22N2O3/c1-5-19-12-7-10(6-11(15)8-12)13(18)16-14(3,4)9(2)17/h6-9,17H,5,15H2,1-4H3,(H,16,18). The number of hydrogen-bond donors (Lipinski definition) is 3. The van der Waals surface area contributed by atoms with Crippen LogP contribution in [0.4, 0.5) is 5.69 Å². The molecule has 0 bridgehead atoms. The molecule has 106 valence electrons. The van der Waals surface area contributed by atoms with Gasteiger partial charge in [0.05, 0.1) is 18.2 Å². The van der Waals surface area contributed by atoms with Crippen LogP contribution < -0.4 is 15.8 Å². The molecular formula is C14H22N2O3. The van der Waals surface area contributed by atoms with Crippen LogP contribution in [0.15, 0.2) is 18.2 Å². The number of anilines is 1. The molecule has 0 heterocycles. The maximum absolute atomic E-state index is 12.1. The Hall–Kier alpha value is -1.75. The third-order valence-electron chi connectivity index (χ3n) is 2.98. The maximum atomic E-state index is 12.1. The number of ether oxygens (including phenoxy) is 1. The minimum absolute atomic E-state index is 0.292. The van der Waals surface area contributed by atoms with Gasteiger partial charge in [0.1, 0.15) is 5.75 Å². The average molecular weight is 266 g/mol. The fourth-order valence-corrected chi connectivity index (χ4v) is 1.47. The zero-order valence-corrected chi connectivity index (χ0v) is 11.9. The molecule has 1 unspecified atom stereocenters. The molecule has 1 aromatic rings. The van der Waals surface area contributed by atoms with E-state index in [1.54, 1.807) is 39.0 Å². The number of carbonyl (C=O) groups is 1. The SMILES string of the molecule is CCOc1cc(N)cc(C(=O)NC(C)(C)C(C)O)c1. The first-order valence-electron chi connectivity index (χ1n) is 6.30. The summed E-state index contributed by atoms with van der Waals surface area (Å²) in [6, 6.07) is 4.88. The van der Waals surface area contributed by atoms with Crippen molar-refractivity contribution in [3.8, 4) is 5.75 Å². The first kappa shape index (κ1) is 15.3. The number of aliphatic hydroxyl groups excluding tert-OH is 1. The molecule has 4 N–H and O–H groups in total. The second-order valence-corrected chi connectivity index (χ2v) is 5.08. The molecule has 0 aliphatic carbocycles. The lowest BCUT2D eigenvalue weighted by molar-refractivity contribution is 0.0709. The van der Waals surface area contributed by atoms with E-state index >= 15 is 0 Å². The van der Waals surface area contributed by atoms with E-state index < -0.39 is 11.6 Å². The van der Waals surface area contributed by atoms with Gasteiger partial charge in [-0.1, -0.05) is 0 Å². The number of benzene rings is 1. The highest BCUT2D eigenvalue weighted by Gasteiger charge is 2.26. The van der Waals surface area contributed by atoms with Crippen LogP contribution in [-0.4, -0.2) is 29.3 Å². The summed E-state index contributed by atoms with van der Waals surface area (Å²) in [5.74, 6) is 0.265. The van der Waals surface area contributed by atoms with Crippen molar-refractivity contribution >= 4 is 11.6 Å². The Kier molecular flexibility index (Phi) is 4.78. The molecule has 0 aliphatic heterocycles. The summed E-state index contributed by atoms with van der Waals surface area (Å²) in [4.78, 5) is 12.1. The van der Waals surface area contributed by atoms with Crippen molar-refractivity contribution in [1.82, 2.24) is 5.32 Å². The van der Waals surface area contributed by atoms with Crippen molar-refractivity contribution in [3.05, 3.63) is 23.8 Å². The summed E-state index contributed by atoms with van der Waals surface area (Å²) in [5, 5.41) is 12.4. The van der Waals surface area contributed by atoms with Gasteiger partial charge < -0.3 is 20.9 Å². The fraction of sp³-hybridized carbons (Fsp3) is 0.500. The molecule has 0 aromatic heterocycles. The van der Waals surface area contributed by atoms with Crippen molar-refractivity contribution < 1.29 is 14.6 Å². The Bertz CT molecular complexity index is 456. The van der Waals surface area contributed by atoms with E-state index in [4.69, 9.17) is 10.5 Å². The third-order valence-corrected chi connectivity index (χ3v) is 2.98. The first-order chi connectivity index (χ1) is 8.76. The van der Waals surface area contributed by atoms with E-state index in [0.29, 0.717) is 23.6 Å². The van der Waals surface area contributed by atoms with E-state index in [1.165, 1.54) is 0 Å². The van der Waals surface area contributed by atoms with Crippen LogP contribution in [0.25, 0.3) is 0 Å². The zero-order chi connectivity index (χ0) is 14.6. The number of rotatable bonds is 5. The van der Waals surface area contributed by atoms with Crippen molar-refractivity contribution in [2.45, 2.75) is 39.3 Å². The Morgan fingerprint density at radius 2 is 2.11 bits per heavy atom. The van der Waals surface area contributed by atoms with Crippen LogP contribution in [0.3, 0.4) is 0 Å². The van der Waals surface area contributed by atoms with Gasteiger partial charge in [-0.15, -0.1) is 0 Å². The Labute approximate surface area is 113 Å². The van der Waals surface area contributed by atoms with Gasteiger partial charge in [0.25, 0.3) is 5.91 Å². The van der Waals surface area contributed by atoms with Crippen LogP contribution in [-0.2, 0) is 0 Å². The van der Waals surface area contributed by atoms with Crippen LogP contribution in [0, 0.1) is 0 Å². The van der Waals surface area contributed by atoms with Crippen molar-refractivity contribution in [2.24, 2.45) is 0 Å². The molecule has 0 saturated heterocycles. The topological polar surface area (TPSA) is 84.6 Å². The second-order valence-electron chi connectivity index (χ2n) is 5.08. The highest BCUT2D eigenvalue weighted by atomic mass is 16.5. The van der Waals surface area contributed by atoms with E-state index in [0.717, 1.165) is 0 Å². The van der Waals surface area contributed by atoms with E-state index in [9.17, 15) is 9.90 Å². The number of hydrogen-bond acceptors (Lipinski definition) is 4. The maximum Gasteiger partial charge on any atom is 0.251 e. The fourth-order valence-electron chi connectivity index (χ4n) is 1.47. The summed E-state index contributed by atoms with van der Waals surface area (Å²) < 4.78 is 5.35. The largest absolute Gasteiger partial charge is 0.494 e. The van der Waals surface area contributed by atoms with Crippen molar-refractivity contribution in [3.63, 3.8) is 0 Å². The minimum Gasteiger partial charge on any atom is -0.494 e. The van der Waals surface area contributed by atoms with Gasteiger partial charge in [-0.2, -0.15) is 0 Å². The monoisotopic (exact) mass is 266 g/mol. The number of nitrogens with one attached hydrogen (secondary N) is 1. The molecule has 5 heteroatoms. The van der Waals surface area contributed by atoms with Gasteiger partial charge in [-0.05, 0) is 39.8 Å². The van der Waals surface area contributed by atoms with Crippen LogP contribution in [0.1, 0.15) is 38.1 Å².